The lowest BCUT2D eigenvalue weighted by atomic mass is 10.1. The Kier molecular flexibility index (Phi) is 5.89. The van der Waals surface area contributed by atoms with Crippen LogP contribution in [-0.4, -0.2) is 54.6 Å². The number of anilines is 1. The van der Waals surface area contributed by atoms with Crippen LogP contribution >= 0.6 is 0 Å². The molecule has 0 spiro atoms. The zero-order chi connectivity index (χ0) is 20.4. The molecule has 1 aliphatic rings. The van der Waals surface area contributed by atoms with Crippen LogP contribution in [0.3, 0.4) is 0 Å². The van der Waals surface area contributed by atoms with Crippen molar-refractivity contribution in [2.24, 2.45) is 0 Å². The number of carbonyl (C=O) groups excluding carboxylic acids is 2. The molecule has 2 N–H and O–H groups in total. The predicted octanol–water partition coefficient (Wildman–Crippen LogP) is 2.08. The molecule has 2 rings (SSSR count). The number of alkyl carbamates (subject to hydrolysis) is 1. The van der Waals surface area contributed by atoms with Crippen LogP contribution in [0.15, 0.2) is 18.2 Å². The van der Waals surface area contributed by atoms with Crippen LogP contribution < -0.4 is 19.7 Å². The zero-order valence-corrected chi connectivity index (χ0v) is 16.7. The van der Waals surface area contributed by atoms with Crippen LogP contribution in [0.5, 0.6) is 11.5 Å². The van der Waals surface area contributed by atoms with E-state index in [0.29, 0.717) is 17.2 Å². The van der Waals surface area contributed by atoms with E-state index in [0.717, 1.165) is 0 Å². The topological polar surface area (TPSA) is 97.3 Å². The average Bonchev–Trinajstić information content (AvgIpc) is 2.63. The van der Waals surface area contributed by atoms with E-state index in [1.807, 2.05) is 20.8 Å². The highest BCUT2D eigenvalue weighted by atomic mass is 16.6. The molecule has 0 fully saturated rings. The monoisotopic (exact) mass is 380 g/mol. The minimum absolute atomic E-state index is 0.0857. The first kappa shape index (κ1) is 20.8. The van der Waals surface area contributed by atoms with E-state index in [9.17, 15) is 14.7 Å². The van der Waals surface area contributed by atoms with Crippen molar-refractivity contribution >= 4 is 17.7 Å². The normalized spacial score (nSPS) is 17.5. The smallest absolute Gasteiger partial charge is 0.408 e. The number of hydrogen-bond acceptors (Lipinski definition) is 6. The van der Waals surface area contributed by atoms with Crippen molar-refractivity contribution in [1.82, 2.24) is 5.32 Å². The number of ether oxygens (including phenoxy) is 3. The van der Waals surface area contributed by atoms with E-state index in [1.165, 1.54) is 4.90 Å². The van der Waals surface area contributed by atoms with Gasteiger partial charge in [-0.1, -0.05) is 0 Å². The third-order valence-corrected chi connectivity index (χ3v) is 3.61. The van der Waals surface area contributed by atoms with Gasteiger partial charge in [0.25, 0.3) is 5.91 Å². The molecule has 27 heavy (non-hydrogen) atoms. The number of fused-ring (bicyclic) bond motifs is 1. The molecule has 0 bridgehead atoms. The van der Waals surface area contributed by atoms with Gasteiger partial charge in [0, 0.05) is 18.7 Å². The van der Waals surface area contributed by atoms with Gasteiger partial charge in [0.1, 0.15) is 24.7 Å². The fraction of sp³-hybridized carbons (Fsp3) is 0.579. The molecular formula is C19H28N2O6. The zero-order valence-electron chi connectivity index (χ0n) is 16.7. The summed E-state index contributed by atoms with van der Waals surface area (Å²) in [4.78, 5) is 26.1. The highest BCUT2D eigenvalue weighted by molar-refractivity contribution is 5.99. The van der Waals surface area contributed by atoms with Gasteiger partial charge >= 0.3 is 6.09 Å². The molecule has 0 aliphatic carbocycles. The summed E-state index contributed by atoms with van der Waals surface area (Å²) in [5.74, 6) is 0.560. The minimum atomic E-state index is -1.06. The lowest BCUT2D eigenvalue weighted by Crippen LogP contribution is -2.46. The first-order chi connectivity index (χ1) is 12.4. The maximum Gasteiger partial charge on any atom is 0.408 e. The first-order valence-corrected chi connectivity index (χ1v) is 8.74. The number of nitrogens with one attached hydrogen (secondary N) is 1. The van der Waals surface area contributed by atoms with Crippen LogP contribution in [-0.2, 0) is 9.53 Å². The number of hydrogen-bond donors (Lipinski definition) is 2. The van der Waals surface area contributed by atoms with Gasteiger partial charge in [-0.3, -0.25) is 4.79 Å². The second-order valence-electron chi connectivity index (χ2n) is 8.21. The summed E-state index contributed by atoms with van der Waals surface area (Å²) in [6.07, 6.45) is -1.75. The number of likely N-dealkylation sites (N-methyl/N-ethyl adjacent to an activating group) is 1. The van der Waals surface area contributed by atoms with Crippen LogP contribution in [0.4, 0.5) is 10.5 Å². The van der Waals surface area contributed by atoms with E-state index < -0.39 is 29.2 Å². The van der Waals surface area contributed by atoms with Crippen molar-refractivity contribution < 1.29 is 28.9 Å². The molecular weight excluding hydrogens is 352 g/mol. The number of carbonyl (C=O) groups is 2. The second-order valence-corrected chi connectivity index (χ2v) is 8.21. The number of aliphatic hydroxyl groups is 1. The molecule has 1 aromatic carbocycles. The van der Waals surface area contributed by atoms with Crippen LogP contribution in [0, 0.1) is 0 Å². The Morgan fingerprint density at radius 2 is 2.00 bits per heavy atom. The predicted molar refractivity (Wildman–Crippen MR) is 100 cm³/mol. The van der Waals surface area contributed by atoms with Crippen molar-refractivity contribution in [3.05, 3.63) is 18.2 Å². The first-order valence-electron chi connectivity index (χ1n) is 8.74. The Hall–Kier alpha value is -2.48. The minimum Gasteiger partial charge on any atom is -0.491 e. The Morgan fingerprint density at radius 1 is 1.33 bits per heavy atom. The van der Waals surface area contributed by atoms with Crippen molar-refractivity contribution in [2.45, 2.75) is 51.9 Å². The third-order valence-electron chi connectivity index (χ3n) is 3.61. The standard InChI is InChI=1S/C19H28N2O6/c1-18(2,3)20-17(23)27-15-10-25-14-8-7-12(26-11-19(4,5)24)9-13(14)21(6)16(15)22/h7-9,15,24H,10-11H2,1-6H3,(H,20,23)/t15-/m0/s1. The maximum atomic E-state index is 12.7. The van der Waals surface area contributed by atoms with Crippen LogP contribution in [0.1, 0.15) is 34.6 Å². The Bertz CT molecular complexity index is 705. The van der Waals surface area contributed by atoms with Crippen LogP contribution in [0.25, 0.3) is 0 Å². The molecule has 1 atom stereocenters. The molecule has 0 saturated carbocycles. The summed E-state index contributed by atoms with van der Waals surface area (Å²) in [7, 11) is 1.58. The summed E-state index contributed by atoms with van der Waals surface area (Å²) in [5.41, 5.74) is -0.965. The molecule has 0 unspecified atom stereocenters. The van der Waals surface area contributed by atoms with Gasteiger partial charge in [-0.05, 0) is 46.8 Å². The number of amides is 2. The van der Waals surface area contributed by atoms with Gasteiger partial charge in [0.15, 0.2) is 0 Å². The average molecular weight is 380 g/mol. The van der Waals surface area contributed by atoms with Crippen LogP contribution in [0.2, 0.25) is 0 Å². The Morgan fingerprint density at radius 3 is 2.59 bits per heavy atom. The van der Waals surface area contributed by atoms with Crippen molar-refractivity contribution in [3.8, 4) is 11.5 Å². The molecule has 0 saturated heterocycles. The SMILES string of the molecule is CN1C(=O)[C@@H](OC(=O)NC(C)(C)C)COc2ccc(OCC(C)(C)O)cc21. The lowest BCUT2D eigenvalue weighted by molar-refractivity contribution is -0.127. The molecule has 2 amide bonds. The van der Waals surface area contributed by atoms with E-state index in [4.69, 9.17) is 14.2 Å². The van der Waals surface area contributed by atoms with Crippen molar-refractivity contribution in [2.75, 3.05) is 25.2 Å². The largest absolute Gasteiger partial charge is 0.491 e. The molecule has 8 heteroatoms. The Labute approximate surface area is 159 Å². The lowest BCUT2D eigenvalue weighted by Gasteiger charge is -2.24. The number of nitrogens with zero attached hydrogens (tertiary/aromatic N) is 1. The molecule has 150 valence electrons. The summed E-state index contributed by atoms with van der Waals surface area (Å²) >= 11 is 0. The molecule has 1 aliphatic heterocycles. The molecule has 1 aromatic rings. The van der Waals surface area contributed by atoms with Crippen molar-refractivity contribution in [1.29, 1.82) is 0 Å². The third kappa shape index (κ3) is 6.02. The summed E-state index contributed by atoms with van der Waals surface area (Å²) in [5, 5.41) is 12.4. The Balaban J connectivity index is 2.13. The number of rotatable bonds is 4. The quantitative estimate of drug-likeness (QED) is 0.830. The van der Waals surface area contributed by atoms with E-state index >= 15 is 0 Å². The fourth-order valence-electron chi connectivity index (χ4n) is 2.35. The number of benzene rings is 1. The van der Waals surface area contributed by atoms with E-state index in [-0.39, 0.29) is 13.2 Å². The molecule has 1 heterocycles. The van der Waals surface area contributed by atoms with Gasteiger partial charge in [-0.2, -0.15) is 0 Å². The summed E-state index contributed by atoms with van der Waals surface area (Å²) in [6.45, 7) is 8.74. The highest BCUT2D eigenvalue weighted by Crippen LogP contribution is 2.34. The van der Waals surface area contributed by atoms with Gasteiger partial charge in [-0.25, -0.2) is 4.79 Å². The van der Waals surface area contributed by atoms with E-state index in [2.05, 4.69) is 5.32 Å². The fourth-order valence-corrected chi connectivity index (χ4v) is 2.35. The highest BCUT2D eigenvalue weighted by Gasteiger charge is 2.33. The maximum absolute atomic E-state index is 12.7. The summed E-state index contributed by atoms with van der Waals surface area (Å²) < 4.78 is 16.5. The summed E-state index contributed by atoms with van der Waals surface area (Å²) in [6, 6.07) is 5.02. The molecule has 0 aromatic heterocycles. The van der Waals surface area contributed by atoms with Gasteiger partial charge < -0.3 is 29.5 Å². The van der Waals surface area contributed by atoms with Gasteiger partial charge in [0.05, 0.1) is 11.3 Å². The van der Waals surface area contributed by atoms with Crippen molar-refractivity contribution in [3.63, 3.8) is 0 Å². The molecule has 8 nitrogen and oxygen atoms in total. The second kappa shape index (κ2) is 7.64. The molecule has 0 radical (unpaired) electrons. The van der Waals surface area contributed by atoms with E-state index in [1.54, 1.807) is 39.1 Å². The van der Waals surface area contributed by atoms with Gasteiger partial charge in [0.2, 0.25) is 6.10 Å². The van der Waals surface area contributed by atoms with Gasteiger partial charge in [-0.15, -0.1) is 0 Å².